The molecule has 0 atom stereocenters. The number of carbonyl (C=O) groups excluding carboxylic acids is 1. The molecule has 0 saturated heterocycles. The molecule has 3 aromatic heterocycles. The van der Waals surface area contributed by atoms with Crippen molar-refractivity contribution in [1.29, 1.82) is 0 Å². The van der Waals surface area contributed by atoms with Crippen LogP contribution in [0, 0.1) is 6.92 Å². The standard InChI is InChI=1S/C25H20N6O2/c1-15-10-11-29-25(30-15)33-19-8-4-16(5-9-19)21-22(24(27)32)20-14-28-12-13-31(20)23(21)17-2-6-18(26)7-3-17/h2-14H,26H2,1H3,(H2,27,32). The maximum Gasteiger partial charge on any atom is 0.322 e. The molecule has 33 heavy (non-hydrogen) atoms. The highest BCUT2D eigenvalue weighted by Crippen LogP contribution is 2.40. The predicted molar refractivity (Wildman–Crippen MR) is 126 cm³/mol. The molecule has 0 saturated carbocycles. The average molecular weight is 436 g/mol. The van der Waals surface area contributed by atoms with Crippen LogP contribution in [0.4, 0.5) is 5.69 Å². The van der Waals surface area contributed by atoms with Crippen LogP contribution in [-0.4, -0.2) is 25.3 Å². The summed E-state index contributed by atoms with van der Waals surface area (Å²) in [4.78, 5) is 25.2. The number of nitrogen functional groups attached to an aromatic ring is 1. The van der Waals surface area contributed by atoms with Crippen molar-refractivity contribution in [2.45, 2.75) is 6.92 Å². The maximum atomic E-state index is 12.6. The number of anilines is 1. The van der Waals surface area contributed by atoms with Gasteiger partial charge in [0, 0.05) is 35.5 Å². The topological polar surface area (TPSA) is 121 Å². The summed E-state index contributed by atoms with van der Waals surface area (Å²) in [7, 11) is 0. The number of primary amides is 1. The Kier molecular flexibility index (Phi) is 4.95. The van der Waals surface area contributed by atoms with Gasteiger partial charge in [0.05, 0.1) is 23.0 Å². The largest absolute Gasteiger partial charge is 0.424 e. The van der Waals surface area contributed by atoms with E-state index in [2.05, 4.69) is 15.0 Å². The lowest BCUT2D eigenvalue weighted by atomic mass is 9.97. The third-order valence-corrected chi connectivity index (χ3v) is 5.30. The van der Waals surface area contributed by atoms with E-state index in [-0.39, 0.29) is 6.01 Å². The summed E-state index contributed by atoms with van der Waals surface area (Å²) in [6.45, 7) is 1.87. The van der Waals surface area contributed by atoms with Crippen molar-refractivity contribution in [1.82, 2.24) is 19.4 Å². The van der Waals surface area contributed by atoms with Crippen LogP contribution in [-0.2, 0) is 0 Å². The smallest absolute Gasteiger partial charge is 0.322 e. The number of aryl methyl sites for hydroxylation is 1. The van der Waals surface area contributed by atoms with E-state index in [9.17, 15) is 4.79 Å². The molecule has 8 heteroatoms. The van der Waals surface area contributed by atoms with E-state index in [1.54, 1.807) is 36.8 Å². The molecule has 0 aliphatic rings. The minimum atomic E-state index is -0.536. The van der Waals surface area contributed by atoms with Gasteiger partial charge in [0.1, 0.15) is 5.75 Å². The molecule has 3 heterocycles. The number of hydrogen-bond acceptors (Lipinski definition) is 6. The summed E-state index contributed by atoms with van der Waals surface area (Å²) in [5.74, 6) is 0.0372. The van der Waals surface area contributed by atoms with Crippen molar-refractivity contribution in [3.05, 3.63) is 90.6 Å². The normalized spacial score (nSPS) is 10.9. The van der Waals surface area contributed by atoms with Crippen molar-refractivity contribution in [2.75, 3.05) is 5.73 Å². The summed E-state index contributed by atoms with van der Waals surface area (Å²) < 4.78 is 7.69. The van der Waals surface area contributed by atoms with Gasteiger partial charge in [-0.1, -0.05) is 24.3 Å². The Labute approximate surface area is 189 Å². The monoisotopic (exact) mass is 436 g/mol. The molecule has 0 radical (unpaired) electrons. The van der Waals surface area contributed by atoms with Crippen LogP contribution < -0.4 is 16.2 Å². The second-order valence-electron chi connectivity index (χ2n) is 7.52. The molecule has 0 unspecified atom stereocenters. The van der Waals surface area contributed by atoms with Crippen LogP contribution in [0.5, 0.6) is 11.8 Å². The van der Waals surface area contributed by atoms with Gasteiger partial charge in [-0.15, -0.1) is 0 Å². The molecule has 0 bridgehead atoms. The lowest BCUT2D eigenvalue weighted by Gasteiger charge is -2.10. The van der Waals surface area contributed by atoms with E-state index in [4.69, 9.17) is 16.2 Å². The van der Waals surface area contributed by atoms with Gasteiger partial charge < -0.3 is 20.6 Å². The maximum absolute atomic E-state index is 12.6. The Bertz CT molecular complexity index is 1470. The third-order valence-electron chi connectivity index (χ3n) is 5.30. The lowest BCUT2D eigenvalue weighted by Crippen LogP contribution is -2.11. The molecule has 8 nitrogen and oxygen atoms in total. The molecule has 0 aliphatic carbocycles. The molecular weight excluding hydrogens is 416 g/mol. The average Bonchev–Trinajstić information content (AvgIpc) is 3.16. The number of ether oxygens (including phenoxy) is 1. The lowest BCUT2D eigenvalue weighted by molar-refractivity contribution is 0.100. The Morgan fingerprint density at radius 2 is 1.70 bits per heavy atom. The number of rotatable bonds is 5. The molecule has 5 aromatic rings. The Balaban J connectivity index is 1.67. The third kappa shape index (κ3) is 3.74. The van der Waals surface area contributed by atoms with Gasteiger partial charge >= 0.3 is 6.01 Å². The Morgan fingerprint density at radius 1 is 0.970 bits per heavy atom. The van der Waals surface area contributed by atoms with Crippen molar-refractivity contribution in [3.63, 3.8) is 0 Å². The molecule has 4 N–H and O–H groups in total. The minimum absolute atomic E-state index is 0.267. The zero-order chi connectivity index (χ0) is 22.9. The zero-order valence-electron chi connectivity index (χ0n) is 17.8. The minimum Gasteiger partial charge on any atom is -0.424 e. The van der Waals surface area contributed by atoms with Gasteiger partial charge in [0.15, 0.2) is 0 Å². The van der Waals surface area contributed by atoms with Gasteiger partial charge in [0.2, 0.25) is 0 Å². The number of carbonyl (C=O) groups is 1. The van der Waals surface area contributed by atoms with Crippen LogP contribution in [0.3, 0.4) is 0 Å². The SMILES string of the molecule is Cc1ccnc(Oc2ccc(-c3c(C(N)=O)c4cnccn4c3-c3ccc(N)cc3)cc2)n1. The van der Waals surface area contributed by atoms with Crippen LogP contribution in [0.15, 0.2) is 79.4 Å². The van der Waals surface area contributed by atoms with E-state index in [0.717, 1.165) is 22.5 Å². The second-order valence-corrected chi connectivity index (χ2v) is 7.52. The summed E-state index contributed by atoms with van der Waals surface area (Å²) in [6.07, 6.45) is 6.76. The van der Waals surface area contributed by atoms with Crippen molar-refractivity contribution >= 4 is 17.1 Å². The van der Waals surface area contributed by atoms with Crippen LogP contribution in [0.1, 0.15) is 16.1 Å². The van der Waals surface area contributed by atoms with Gasteiger partial charge in [-0.25, -0.2) is 9.97 Å². The number of hydrogen-bond donors (Lipinski definition) is 2. The Morgan fingerprint density at radius 3 is 2.39 bits per heavy atom. The zero-order valence-corrected chi connectivity index (χ0v) is 17.8. The van der Waals surface area contributed by atoms with Crippen LogP contribution in [0.25, 0.3) is 27.9 Å². The molecule has 2 aromatic carbocycles. The number of aromatic nitrogens is 4. The Hall–Kier alpha value is -4.72. The number of amides is 1. The molecule has 0 spiro atoms. The molecular formula is C25H20N6O2. The fourth-order valence-electron chi connectivity index (χ4n) is 3.83. The van der Waals surface area contributed by atoms with Gasteiger partial charge in [0.25, 0.3) is 5.91 Å². The summed E-state index contributed by atoms with van der Waals surface area (Å²) in [5.41, 5.74) is 17.4. The number of benzene rings is 2. The quantitative estimate of drug-likeness (QED) is 0.398. The first-order valence-electron chi connectivity index (χ1n) is 10.2. The van der Waals surface area contributed by atoms with Crippen LogP contribution in [0.2, 0.25) is 0 Å². The molecule has 5 rings (SSSR count). The van der Waals surface area contributed by atoms with Crippen molar-refractivity contribution in [3.8, 4) is 34.1 Å². The first-order chi connectivity index (χ1) is 16.0. The summed E-state index contributed by atoms with van der Waals surface area (Å²) in [6, 6.07) is 16.9. The second kappa shape index (κ2) is 8.08. The van der Waals surface area contributed by atoms with Gasteiger partial charge in [-0.2, -0.15) is 0 Å². The number of fused-ring (bicyclic) bond motifs is 1. The highest BCUT2D eigenvalue weighted by Gasteiger charge is 2.24. The predicted octanol–water partition coefficient (Wildman–Crippen LogP) is 4.24. The number of nitrogens with zero attached hydrogens (tertiary/aromatic N) is 4. The fraction of sp³-hybridized carbons (Fsp3) is 0.0400. The molecule has 0 fully saturated rings. The van der Waals surface area contributed by atoms with E-state index in [1.165, 1.54) is 0 Å². The first kappa shape index (κ1) is 20.2. The number of nitrogens with two attached hydrogens (primary N) is 2. The van der Waals surface area contributed by atoms with Gasteiger partial charge in [-0.3, -0.25) is 9.78 Å². The molecule has 1 amide bonds. The van der Waals surface area contributed by atoms with E-state index >= 15 is 0 Å². The van der Waals surface area contributed by atoms with Gasteiger partial charge in [-0.05, 0) is 48.4 Å². The summed E-state index contributed by atoms with van der Waals surface area (Å²) in [5, 5.41) is 0. The van der Waals surface area contributed by atoms with Crippen LogP contribution >= 0.6 is 0 Å². The highest BCUT2D eigenvalue weighted by molar-refractivity contribution is 6.10. The summed E-state index contributed by atoms with van der Waals surface area (Å²) >= 11 is 0. The van der Waals surface area contributed by atoms with Crippen molar-refractivity contribution in [2.24, 2.45) is 5.73 Å². The molecule has 162 valence electrons. The van der Waals surface area contributed by atoms with E-state index in [0.29, 0.717) is 28.1 Å². The van der Waals surface area contributed by atoms with Crippen molar-refractivity contribution < 1.29 is 9.53 Å². The fourth-order valence-corrected chi connectivity index (χ4v) is 3.83. The first-order valence-corrected chi connectivity index (χ1v) is 10.2. The van der Waals surface area contributed by atoms with E-state index < -0.39 is 5.91 Å². The molecule has 0 aliphatic heterocycles. The highest BCUT2D eigenvalue weighted by atomic mass is 16.5. The van der Waals surface area contributed by atoms with E-state index in [1.807, 2.05) is 53.9 Å².